The van der Waals surface area contributed by atoms with Gasteiger partial charge in [-0.25, -0.2) is 18.6 Å². The molecular formula is C47H47F2N3O7. The fourth-order valence-electron chi connectivity index (χ4n) is 7.31. The van der Waals surface area contributed by atoms with E-state index in [0.29, 0.717) is 91.8 Å². The molecule has 0 spiro atoms. The number of carboxylic acids is 1. The van der Waals surface area contributed by atoms with Crippen LogP contribution in [0.4, 0.5) is 14.6 Å². The van der Waals surface area contributed by atoms with E-state index in [1.807, 2.05) is 84.6 Å². The normalized spacial score (nSPS) is 14.4. The van der Waals surface area contributed by atoms with Gasteiger partial charge in [0.25, 0.3) is 5.78 Å². The summed E-state index contributed by atoms with van der Waals surface area (Å²) in [7, 11) is 0. The highest BCUT2D eigenvalue weighted by Gasteiger charge is 2.35. The van der Waals surface area contributed by atoms with Gasteiger partial charge in [0, 0.05) is 36.5 Å². The first-order chi connectivity index (χ1) is 28.5. The number of fused-ring (bicyclic) bond motifs is 1. The van der Waals surface area contributed by atoms with Crippen LogP contribution < -0.4 is 9.64 Å². The number of carbonyl (C=O) groups is 2. The lowest BCUT2D eigenvalue weighted by Crippen LogP contribution is -2.46. The van der Waals surface area contributed by atoms with Crippen molar-refractivity contribution in [2.45, 2.75) is 58.5 Å². The maximum absolute atomic E-state index is 14.7. The molecule has 1 saturated heterocycles. The predicted octanol–water partition coefficient (Wildman–Crippen LogP) is 9.10. The number of carbonyl (C=O) groups excluding carboxylic acids is 1. The SMILES string of the molecule is Cc1cc2nc(-c3cccc(-c4cc(F)c(F)cc4OCc4ccccc4)c3)cn2c(N2CCC(C)(OCCOCC(C)OCc3ccccc3)CC2)c1C(=O)C(=O)O. The second-order valence-corrected chi connectivity index (χ2v) is 15.1. The molecule has 7 rings (SSSR count). The number of carboxylic acid groups (broad SMARTS) is 1. The lowest BCUT2D eigenvalue weighted by Gasteiger charge is -2.41. The molecule has 0 radical (unpaired) electrons. The maximum Gasteiger partial charge on any atom is 0.377 e. The van der Waals surface area contributed by atoms with Crippen molar-refractivity contribution in [3.8, 4) is 28.1 Å². The number of hydrogen-bond acceptors (Lipinski definition) is 8. The first kappa shape index (κ1) is 41.2. The lowest BCUT2D eigenvalue weighted by molar-refractivity contribution is -0.131. The zero-order valence-electron chi connectivity index (χ0n) is 33.3. The van der Waals surface area contributed by atoms with E-state index in [1.165, 1.54) is 0 Å². The van der Waals surface area contributed by atoms with Crippen LogP contribution in [0.15, 0.2) is 109 Å². The number of aliphatic carboxylic acids is 1. The standard InChI is InChI=1S/C47H47F2N3O7/c1-31-23-42-50-40(36-16-10-15-35(24-36)37-25-38(48)39(49)26-41(37)58-30-34-13-8-5-9-14-34)27-52(42)45(43(31)44(53)46(54)55)51-19-17-47(3,18-20-51)59-22-21-56-28-32(2)57-29-33-11-6-4-7-12-33/h4-16,23-27,32H,17-22,28-30H2,1-3H3,(H,54,55). The number of halogens is 2. The average Bonchev–Trinajstić information content (AvgIpc) is 3.67. The Bertz CT molecular complexity index is 2410. The molecule has 1 fully saturated rings. The van der Waals surface area contributed by atoms with Gasteiger partial charge in [-0.05, 0) is 74.1 Å². The third-order valence-electron chi connectivity index (χ3n) is 10.6. The first-order valence-corrected chi connectivity index (χ1v) is 19.7. The average molecular weight is 804 g/mol. The summed E-state index contributed by atoms with van der Waals surface area (Å²) >= 11 is 0. The van der Waals surface area contributed by atoms with Crippen LogP contribution >= 0.6 is 0 Å². The minimum atomic E-state index is -1.55. The summed E-state index contributed by atoms with van der Waals surface area (Å²) in [5, 5.41) is 9.89. The predicted molar refractivity (Wildman–Crippen MR) is 221 cm³/mol. The van der Waals surface area contributed by atoms with Gasteiger partial charge < -0.3 is 29.0 Å². The zero-order valence-corrected chi connectivity index (χ0v) is 33.3. The number of aryl methyl sites for hydroxylation is 1. The molecule has 1 atom stereocenters. The molecule has 306 valence electrons. The molecule has 4 aromatic carbocycles. The summed E-state index contributed by atoms with van der Waals surface area (Å²) in [5.74, 6) is -3.97. The van der Waals surface area contributed by atoms with Crippen molar-refractivity contribution >= 4 is 23.2 Å². The smallest absolute Gasteiger partial charge is 0.377 e. The van der Waals surface area contributed by atoms with E-state index in [2.05, 4.69) is 6.92 Å². The lowest BCUT2D eigenvalue weighted by atomic mass is 9.92. The van der Waals surface area contributed by atoms with Crippen molar-refractivity contribution in [1.29, 1.82) is 0 Å². The second-order valence-electron chi connectivity index (χ2n) is 15.1. The number of Topliss-reactive ketones (excluding diaryl/α,β-unsaturated/α-hetero) is 1. The van der Waals surface area contributed by atoms with Gasteiger partial charge in [-0.1, -0.05) is 78.9 Å². The van der Waals surface area contributed by atoms with E-state index in [-0.39, 0.29) is 24.0 Å². The van der Waals surface area contributed by atoms with Crippen LogP contribution in [0.2, 0.25) is 0 Å². The van der Waals surface area contributed by atoms with Crippen molar-refractivity contribution in [2.24, 2.45) is 0 Å². The molecule has 10 nitrogen and oxygen atoms in total. The minimum Gasteiger partial charge on any atom is -0.488 e. The number of nitrogens with zero attached hydrogens (tertiary/aromatic N) is 3. The molecule has 0 amide bonds. The van der Waals surface area contributed by atoms with E-state index in [0.717, 1.165) is 23.3 Å². The van der Waals surface area contributed by atoms with E-state index in [1.54, 1.807) is 35.7 Å². The number of hydrogen-bond donors (Lipinski definition) is 1. The van der Waals surface area contributed by atoms with E-state index < -0.39 is 29.0 Å². The Morgan fingerprint density at radius 1 is 0.847 bits per heavy atom. The molecule has 3 heterocycles. The number of imidazole rings is 1. The quantitative estimate of drug-likeness (QED) is 0.0549. The number of ketones is 1. The molecule has 1 N–H and O–H groups in total. The Morgan fingerprint density at radius 3 is 2.20 bits per heavy atom. The third kappa shape index (κ3) is 9.85. The fourth-order valence-corrected chi connectivity index (χ4v) is 7.31. The minimum absolute atomic E-state index is 0.0764. The van der Waals surface area contributed by atoms with Crippen molar-refractivity contribution in [1.82, 2.24) is 9.38 Å². The van der Waals surface area contributed by atoms with Gasteiger partial charge in [-0.15, -0.1) is 0 Å². The summed E-state index contributed by atoms with van der Waals surface area (Å²) in [6.07, 6.45) is 2.93. The summed E-state index contributed by atoms with van der Waals surface area (Å²) in [6, 6.07) is 30.5. The van der Waals surface area contributed by atoms with Crippen molar-refractivity contribution in [3.63, 3.8) is 0 Å². The summed E-state index contributed by atoms with van der Waals surface area (Å²) in [4.78, 5) is 32.4. The topological polar surface area (TPSA) is 112 Å². The van der Waals surface area contributed by atoms with Gasteiger partial charge >= 0.3 is 5.97 Å². The number of pyridine rings is 1. The molecule has 1 aliphatic rings. The number of benzene rings is 4. The van der Waals surface area contributed by atoms with E-state index in [4.69, 9.17) is 23.9 Å². The Labute approximate surface area is 341 Å². The fraction of sp³-hybridized carbons (Fsp3) is 0.298. The van der Waals surface area contributed by atoms with Crippen molar-refractivity contribution in [3.05, 3.63) is 143 Å². The van der Waals surface area contributed by atoms with Crippen LogP contribution in [0.5, 0.6) is 5.75 Å². The van der Waals surface area contributed by atoms with Crippen molar-refractivity contribution in [2.75, 3.05) is 37.8 Å². The monoisotopic (exact) mass is 803 g/mol. The Morgan fingerprint density at radius 2 is 1.51 bits per heavy atom. The van der Waals surface area contributed by atoms with Crippen LogP contribution in [0.1, 0.15) is 53.7 Å². The molecule has 0 saturated carbocycles. The summed E-state index contributed by atoms with van der Waals surface area (Å²) in [5.41, 5.74) is 4.75. The van der Waals surface area contributed by atoms with Crippen LogP contribution in [0, 0.1) is 18.6 Å². The number of aromatic nitrogens is 2. The highest BCUT2D eigenvalue weighted by Crippen LogP contribution is 2.37. The molecule has 0 bridgehead atoms. The van der Waals surface area contributed by atoms with Gasteiger partial charge in [0.2, 0.25) is 0 Å². The number of rotatable bonds is 17. The molecule has 6 aromatic rings. The van der Waals surface area contributed by atoms with Gasteiger partial charge in [0.05, 0.1) is 49.4 Å². The second kappa shape index (κ2) is 18.3. The molecule has 2 aromatic heterocycles. The van der Waals surface area contributed by atoms with Gasteiger partial charge in [-0.3, -0.25) is 9.20 Å². The van der Waals surface area contributed by atoms with Gasteiger partial charge in [0.15, 0.2) is 11.6 Å². The maximum atomic E-state index is 14.7. The van der Waals surface area contributed by atoms with E-state index in [9.17, 15) is 23.5 Å². The molecule has 0 aliphatic carbocycles. The molecule has 12 heteroatoms. The summed E-state index contributed by atoms with van der Waals surface area (Å²) < 4.78 is 55.0. The number of piperidine rings is 1. The molecule has 1 aliphatic heterocycles. The van der Waals surface area contributed by atoms with Crippen molar-refractivity contribution < 1.29 is 42.4 Å². The molecule has 59 heavy (non-hydrogen) atoms. The Hall–Kier alpha value is -5.95. The number of anilines is 1. The van der Waals surface area contributed by atoms with Crippen LogP contribution in [0.25, 0.3) is 28.0 Å². The zero-order chi connectivity index (χ0) is 41.5. The van der Waals surface area contributed by atoms with Crippen LogP contribution in [-0.4, -0.2) is 70.9 Å². The summed E-state index contributed by atoms with van der Waals surface area (Å²) in [6.45, 7) is 8.64. The highest BCUT2D eigenvalue weighted by molar-refractivity contribution is 6.41. The first-order valence-electron chi connectivity index (χ1n) is 19.7. The highest BCUT2D eigenvalue weighted by atomic mass is 19.2. The Balaban J connectivity index is 1.08. The Kier molecular flexibility index (Phi) is 12.8. The van der Waals surface area contributed by atoms with Crippen LogP contribution in [0.3, 0.4) is 0 Å². The third-order valence-corrected chi connectivity index (χ3v) is 10.6. The molecular weight excluding hydrogens is 757 g/mol. The molecule has 1 unspecified atom stereocenters. The van der Waals surface area contributed by atoms with Crippen LogP contribution in [-0.2, 0) is 32.2 Å². The van der Waals surface area contributed by atoms with Gasteiger partial charge in [-0.2, -0.15) is 0 Å². The largest absolute Gasteiger partial charge is 0.488 e. The van der Waals surface area contributed by atoms with E-state index >= 15 is 0 Å². The van der Waals surface area contributed by atoms with Gasteiger partial charge in [0.1, 0.15) is 23.8 Å². The number of ether oxygens (including phenoxy) is 4.